The molecule has 3 aromatic rings. The smallest absolute Gasteiger partial charge is 0.225 e. The van der Waals surface area contributed by atoms with Crippen molar-refractivity contribution in [1.82, 2.24) is 0 Å². The molecular formula is C19H12F3NOS. The molecule has 2 heterocycles. The largest absolute Gasteiger partial charge is 0.325 e. The summed E-state index contributed by atoms with van der Waals surface area (Å²) >= 11 is 1.33. The maximum atomic E-state index is 14.2. The number of benzene rings is 2. The van der Waals surface area contributed by atoms with Gasteiger partial charge in [0.2, 0.25) is 5.91 Å². The summed E-state index contributed by atoms with van der Waals surface area (Å²) in [6.45, 7) is 0. The number of thiophene rings is 1. The number of carbonyl (C=O) groups excluding carboxylic acids is 1. The lowest BCUT2D eigenvalue weighted by Crippen LogP contribution is -2.23. The second-order valence-electron chi connectivity index (χ2n) is 5.84. The van der Waals surface area contributed by atoms with Crippen LogP contribution in [0.15, 0.2) is 47.8 Å². The molecule has 2 aromatic carbocycles. The monoisotopic (exact) mass is 359 g/mol. The van der Waals surface area contributed by atoms with Crippen molar-refractivity contribution in [3.8, 4) is 11.1 Å². The van der Waals surface area contributed by atoms with Crippen LogP contribution in [0.4, 0.5) is 18.9 Å². The van der Waals surface area contributed by atoms with E-state index in [1.54, 1.807) is 23.6 Å². The van der Waals surface area contributed by atoms with Gasteiger partial charge < -0.3 is 5.32 Å². The molecule has 2 nitrogen and oxygen atoms in total. The number of amides is 1. The fourth-order valence-electron chi connectivity index (χ4n) is 3.14. The number of nitrogens with one attached hydrogen (secondary N) is 1. The standard InChI is InChI=1S/C19H12F3NOS/c20-10-5-6-12(16(22)7-10)13-8-17(24)23-18-14(9-25-19(13)18)11-3-1-2-4-15(11)21/h1-7,9,13H,8H2,(H,23,24). The number of hydrogen-bond acceptors (Lipinski definition) is 2. The summed E-state index contributed by atoms with van der Waals surface area (Å²) in [5, 5.41) is 4.53. The van der Waals surface area contributed by atoms with Crippen LogP contribution in [0.2, 0.25) is 0 Å². The van der Waals surface area contributed by atoms with E-state index in [1.165, 1.54) is 29.5 Å². The van der Waals surface area contributed by atoms with Crippen molar-refractivity contribution >= 4 is 22.9 Å². The zero-order chi connectivity index (χ0) is 17.6. The van der Waals surface area contributed by atoms with Crippen LogP contribution >= 0.6 is 11.3 Å². The molecule has 0 saturated carbocycles. The maximum Gasteiger partial charge on any atom is 0.225 e. The van der Waals surface area contributed by atoms with Gasteiger partial charge in [0.15, 0.2) is 0 Å². The van der Waals surface area contributed by atoms with Crippen molar-refractivity contribution in [2.45, 2.75) is 12.3 Å². The van der Waals surface area contributed by atoms with Gasteiger partial charge in [-0.05, 0) is 17.7 Å². The molecule has 1 aliphatic heterocycles. The molecular weight excluding hydrogens is 347 g/mol. The number of anilines is 1. The minimum absolute atomic E-state index is 0.0623. The number of halogens is 3. The second kappa shape index (κ2) is 6.04. The summed E-state index contributed by atoms with van der Waals surface area (Å²) in [5.74, 6) is -2.55. The van der Waals surface area contributed by atoms with Crippen LogP contribution in [0.1, 0.15) is 22.8 Å². The highest BCUT2D eigenvalue weighted by atomic mass is 32.1. The fraction of sp³-hybridized carbons (Fsp3) is 0.105. The molecule has 1 aliphatic rings. The first-order valence-corrected chi connectivity index (χ1v) is 8.53. The van der Waals surface area contributed by atoms with Crippen molar-refractivity contribution in [2.75, 3.05) is 5.32 Å². The first-order valence-electron chi connectivity index (χ1n) is 7.65. The number of rotatable bonds is 2. The van der Waals surface area contributed by atoms with Crippen molar-refractivity contribution in [2.24, 2.45) is 0 Å². The third-order valence-corrected chi connectivity index (χ3v) is 5.39. The van der Waals surface area contributed by atoms with Crippen LogP contribution in [0.5, 0.6) is 0 Å². The molecule has 1 amide bonds. The summed E-state index contributed by atoms with van der Waals surface area (Å²) in [6, 6.07) is 9.63. The minimum Gasteiger partial charge on any atom is -0.325 e. The zero-order valence-electron chi connectivity index (χ0n) is 12.9. The predicted octanol–water partition coefficient (Wildman–Crippen LogP) is 5.31. The third-order valence-electron chi connectivity index (χ3n) is 4.29. The van der Waals surface area contributed by atoms with Gasteiger partial charge in [-0.15, -0.1) is 11.3 Å². The highest BCUT2D eigenvalue weighted by Gasteiger charge is 2.32. The van der Waals surface area contributed by atoms with Gasteiger partial charge in [0.05, 0.1) is 5.69 Å². The molecule has 0 fully saturated rings. The molecule has 0 radical (unpaired) electrons. The van der Waals surface area contributed by atoms with Crippen LogP contribution in [-0.2, 0) is 4.79 Å². The Morgan fingerprint density at radius 1 is 1.00 bits per heavy atom. The van der Waals surface area contributed by atoms with E-state index in [2.05, 4.69) is 5.32 Å². The van der Waals surface area contributed by atoms with E-state index < -0.39 is 23.4 Å². The second-order valence-corrected chi connectivity index (χ2v) is 6.75. The Hall–Kier alpha value is -2.60. The van der Waals surface area contributed by atoms with Gasteiger partial charge in [0, 0.05) is 39.8 Å². The van der Waals surface area contributed by atoms with Gasteiger partial charge in [-0.2, -0.15) is 0 Å². The Balaban J connectivity index is 1.86. The van der Waals surface area contributed by atoms with E-state index in [-0.39, 0.29) is 17.9 Å². The average Bonchev–Trinajstić information content (AvgIpc) is 2.98. The topological polar surface area (TPSA) is 29.1 Å². The van der Waals surface area contributed by atoms with E-state index in [4.69, 9.17) is 0 Å². The van der Waals surface area contributed by atoms with Gasteiger partial charge in [0.25, 0.3) is 0 Å². The van der Waals surface area contributed by atoms with Crippen LogP contribution in [0.3, 0.4) is 0 Å². The number of carbonyl (C=O) groups is 1. The summed E-state index contributed by atoms with van der Waals surface area (Å²) in [6.07, 6.45) is 0.0623. The van der Waals surface area contributed by atoms with Gasteiger partial charge >= 0.3 is 0 Å². The Kier molecular flexibility index (Phi) is 3.84. The Morgan fingerprint density at radius 3 is 2.56 bits per heavy atom. The normalized spacial score (nSPS) is 16.4. The molecule has 1 unspecified atom stereocenters. The highest BCUT2D eigenvalue weighted by molar-refractivity contribution is 7.11. The summed E-state index contributed by atoms with van der Waals surface area (Å²) < 4.78 is 41.6. The minimum atomic E-state index is -0.688. The fourth-order valence-corrected chi connectivity index (χ4v) is 4.28. The summed E-state index contributed by atoms with van der Waals surface area (Å²) in [4.78, 5) is 12.9. The van der Waals surface area contributed by atoms with Crippen molar-refractivity contribution < 1.29 is 18.0 Å². The molecule has 6 heteroatoms. The summed E-state index contributed by atoms with van der Waals surface area (Å²) in [5.41, 5.74) is 1.71. The first-order chi connectivity index (χ1) is 12.0. The molecule has 0 spiro atoms. The molecule has 0 saturated heterocycles. The van der Waals surface area contributed by atoms with Crippen LogP contribution in [0, 0.1) is 17.5 Å². The molecule has 0 aliphatic carbocycles. The molecule has 0 bridgehead atoms. The van der Waals surface area contributed by atoms with Crippen LogP contribution in [0.25, 0.3) is 11.1 Å². The quantitative estimate of drug-likeness (QED) is 0.660. The van der Waals surface area contributed by atoms with E-state index in [0.717, 1.165) is 10.9 Å². The van der Waals surface area contributed by atoms with E-state index in [1.807, 2.05) is 0 Å². The maximum absolute atomic E-state index is 14.2. The lowest BCUT2D eigenvalue weighted by Gasteiger charge is -2.24. The molecule has 1 N–H and O–H groups in total. The molecule has 25 heavy (non-hydrogen) atoms. The molecule has 126 valence electrons. The van der Waals surface area contributed by atoms with E-state index in [0.29, 0.717) is 16.8 Å². The van der Waals surface area contributed by atoms with Crippen molar-refractivity contribution in [3.63, 3.8) is 0 Å². The van der Waals surface area contributed by atoms with E-state index >= 15 is 0 Å². The van der Waals surface area contributed by atoms with Gasteiger partial charge in [-0.1, -0.05) is 24.3 Å². The van der Waals surface area contributed by atoms with E-state index in [9.17, 15) is 18.0 Å². The Labute approximate surface area is 145 Å². The van der Waals surface area contributed by atoms with Gasteiger partial charge in [-0.25, -0.2) is 13.2 Å². The molecule has 4 rings (SSSR count). The lowest BCUT2D eigenvalue weighted by atomic mass is 9.88. The number of fused-ring (bicyclic) bond motifs is 1. The van der Waals surface area contributed by atoms with Crippen LogP contribution < -0.4 is 5.32 Å². The Bertz CT molecular complexity index is 983. The van der Waals surface area contributed by atoms with Gasteiger partial charge in [-0.3, -0.25) is 4.79 Å². The SMILES string of the molecule is O=C1CC(c2ccc(F)cc2F)c2scc(-c3ccccc3F)c2N1. The third kappa shape index (κ3) is 2.72. The Morgan fingerprint density at radius 2 is 1.80 bits per heavy atom. The molecule has 1 aromatic heterocycles. The van der Waals surface area contributed by atoms with Gasteiger partial charge in [0.1, 0.15) is 17.5 Å². The zero-order valence-corrected chi connectivity index (χ0v) is 13.7. The van der Waals surface area contributed by atoms with Crippen molar-refractivity contribution in [3.05, 3.63) is 75.7 Å². The highest BCUT2D eigenvalue weighted by Crippen LogP contribution is 2.47. The number of hydrogen-bond donors (Lipinski definition) is 1. The molecule has 1 atom stereocenters. The first kappa shape index (κ1) is 15.9. The average molecular weight is 359 g/mol. The lowest BCUT2D eigenvalue weighted by molar-refractivity contribution is -0.116. The predicted molar refractivity (Wildman–Crippen MR) is 91.2 cm³/mol. The van der Waals surface area contributed by atoms with Crippen molar-refractivity contribution in [1.29, 1.82) is 0 Å². The van der Waals surface area contributed by atoms with Crippen LogP contribution in [-0.4, -0.2) is 5.91 Å². The summed E-state index contributed by atoms with van der Waals surface area (Å²) in [7, 11) is 0.